The number of hydrogen-bond acceptors (Lipinski definition) is 4. The maximum absolute atomic E-state index is 11.6. The zero-order valence-corrected chi connectivity index (χ0v) is 12.2. The van der Waals surface area contributed by atoms with E-state index in [9.17, 15) is 9.90 Å². The lowest BCUT2D eigenvalue weighted by atomic mass is 9.83. The van der Waals surface area contributed by atoms with Crippen LogP contribution in [0.1, 0.15) is 37.1 Å². The van der Waals surface area contributed by atoms with Crippen LogP contribution in [0.5, 0.6) is 0 Å². The highest BCUT2D eigenvalue weighted by Crippen LogP contribution is 2.29. The van der Waals surface area contributed by atoms with E-state index in [-0.39, 0.29) is 5.92 Å². The molecule has 0 fully saturated rings. The monoisotopic (exact) mass is 290 g/mol. The molecule has 7 heteroatoms. The maximum atomic E-state index is 11.6. The summed E-state index contributed by atoms with van der Waals surface area (Å²) in [5.41, 5.74) is 1.06. The first-order chi connectivity index (χ1) is 10.1. The topological polar surface area (TPSA) is 95.6 Å². The molecule has 0 aromatic carbocycles. The van der Waals surface area contributed by atoms with Gasteiger partial charge >= 0.3 is 5.97 Å². The van der Waals surface area contributed by atoms with E-state index in [0.717, 1.165) is 12.0 Å². The summed E-state index contributed by atoms with van der Waals surface area (Å²) in [4.78, 5) is 11.6. The molecule has 0 spiro atoms. The van der Waals surface area contributed by atoms with Gasteiger partial charge in [-0.1, -0.05) is 18.6 Å². The van der Waals surface area contributed by atoms with Crippen molar-refractivity contribution in [2.45, 2.75) is 32.1 Å². The Morgan fingerprint density at radius 2 is 2.14 bits per heavy atom. The van der Waals surface area contributed by atoms with Crippen molar-refractivity contribution in [1.29, 1.82) is 0 Å². The summed E-state index contributed by atoms with van der Waals surface area (Å²) in [5, 5.41) is 23.5. The first-order valence-corrected chi connectivity index (χ1v) is 7.02. The summed E-state index contributed by atoms with van der Waals surface area (Å²) in [6.45, 7) is 1.98. The second-order valence-electron chi connectivity index (χ2n) is 5.19. The molecule has 0 radical (unpaired) electrons. The normalized spacial score (nSPS) is 13.8. The Morgan fingerprint density at radius 1 is 1.43 bits per heavy atom. The van der Waals surface area contributed by atoms with Gasteiger partial charge in [0, 0.05) is 18.1 Å². The van der Waals surface area contributed by atoms with Gasteiger partial charge in [0.1, 0.15) is 7.05 Å². The SMILES string of the molecule is CCCC(C(=O)O)[C@H](Cc1cc[n+](C)cc1)c1nn[nH]n1. The number of tetrazole rings is 1. The summed E-state index contributed by atoms with van der Waals surface area (Å²) >= 11 is 0. The lowest BCUT2D eigenvalue weighted by molar-refractivity contribution is -0.671. The van der Waals surface area contributed by atoms with Crippen LogP contribution in [0.15, 0.2) is 24.5 Å². The number of H-pyrrole nitrogens is 1. The summed E-state index contributed by atoms with van der Waals surface area (Å²) in [7, 11) is 1.94. The van der Waals surface area contributed by atoms with Crippen LogP contribution in [0, 0.1) is 5.92 Å². The molecule has 0 aliphatic rings. The average Bonchev–Trinajstić information content (AvgIpc) is 2.98. The lowest BCUT2D eigenvalue weighted by Crippen LogP contribution is -2.27. The molecule has 0 aliphatic carbocycles. The highest BCUT2D eigenvalue weighted by Gasteiger charge is 2.32. The Kier molecular flexibility index (Phi) is 4.97. The number of rotatable bonds is 7. The van der Waals surface area contributed by atoms with Crippen LogP contribution in [-0.2, 0) is 18.3 Å². The van der Waals surface area contributed by atoms with Gasteiger partial charge < -0.3 is 5.11 Å². The number of aromatic nitrogens is 5. The molecular formula is C14H20N5O2+. The van der Waals surface area contributed by atoms with Gasteiger partial charge in [-0.2, -0.15) is 5.21 Å². The van der Waals surface area contributed by atoms with E-state index < -0.39 is 11.9 Å². The van der Waals surface area contributed by atoms with Gasteiger partial charge in [-0.05, 0) is 18.4 Å². The van der Waals surface area contributed by atoms with Gasteiger partial charge in [-0.25, -0.2) is 4.57 Å². The van der Waals surface area contributed by atoms with Crippen LogP contribution in [0.4, 0.5) is 0 Å². The fraction of sp³-hybridized carbons (Fsp3) is 0.500. The number of carboxylic acids is 1. The van der Waals surface area contributed by atoms with E-state index in [1.165, 1.54) is 0 Å². The van der Waals surface area contributed by atoms with Crippen LogP contribution < -0.4 is 4.57 Å². The molecule has 0 amide bonds. The standard InChI is InChI=1S/C14H19N5O2/c1-3-4-11(14(20)21)12(13-15-17-18-16-13)9-10-5-7-19(2)8-6-10/h5-8,11-12H,3-4,9H2,1-2H3,(H-,15,16,17,18,20,21)/p+1/t11?,12-/m0/s1. The van der Waals surface area contributed by atoms with Crippen LogP contribution in [-0.4, -0.2) is 31.7 Å². The Morgan fingerprint density at radius 3 is 2.67 bits per heavy atom. The second kappa shape index (κ2) is 6.92. The van der Waals surface area contributed by atoms with E-state index >= 15 is 0 Å². The summed E-state index contributed by atoms with van der Waals surface area (Å²) in [6, 6.07) is 3.97. The third-order valence-corrected chi connectivity index (χ3v) is 3.60. The highest BCUT2D eigenvalue weighted by atomic mass is 16.4. The average molecular weight is 290 g/mol. The minimum absolute atomic E-state index is 0.283. The van der Waals surface area contributed by atoms with E-state index in [0.29, 0.717) is 18.7 Å². The number of nitrogens with zero attached hydrogens (tertiary/aromatic N) is 4. The third-order valence-electron chi connectivity index (χ3n) is 3.60. The first kappa shape index (κ1) is 15.1. The van der Waals surface area contributed by atoms with E-state index in [1.54, 1.807) is 0 Å². The molecule has 0 aliphatic heterocycles. The van der Waals surface area contributed by atoms with Gasteiger partial charge in [0.2, 0.25) is 0 Å². The molecule has 2 rings (SSSR count). The van der Waals surface area contributed by atoms with Gasteiger partial charge in [0.15, 0.2) is 18.2 Å². The maximum Gasteiger partial charge on any atom is 0.307 e. The predicted molar refractivity (Wildman–Crippen MR) is 74.3 cm³/mol. The Labute approximate surface area is 123 Å². The molecule has 7 nitrogen and oxygen atoms in total. The van der Waals surface area contributed by atoms with Crippen molar-refractivity contribution >= 4 is 5.97 Å². The smallest absolute Gasteiger partial charge is 0.307 e. The molecule has 0 saturated carbocycles. The van der Waals surface area contributed by atoms with Crippen molar-refractivity contribution in [1.82, 2.24) is 20.6 Å². The van der Waals surface area contributed by atoms with Crippen molar-refractivity contribution in [3.05, 3.63) is 35.9 Å². The Bertz CT molecular complexity index is 568. The van der Waals surface area contributed by atoms with E-state index in [4.69, 9.17) is 0 Å². The number of aromatic amines is 1. The molecule has 21 heavy (non-hydrogen) atoms. The number of carbonyl (C=O) groups is 1. The molecule has 2 aromatic rings. The van der Waals surface area contributed by atoms with Crippen molar-refractivity contribution in [2.75, 3.05) is 0 Å². The van der Waals surface area contributed by atoms with Gasteiger partial charge in [0.05, 0.1) is 5.92 Å². The van der Waals surface area contributed by atoms with Crippen LogP contribution in [0.2, 0.25) is 0 Å². The number of nitrogens with one attached hydrogen (secondary N) is 1. The quantitative estimate of drug-likeness (QED) is 0.737. The lowest BCUT2D eigenvalue weighted by Gasteiger charge is -2.20. The zero-order valence-electron chi connectivity index (χ0n) is 12.2. The molecule has 0 saturated heterocycles. The summed E-state index contributed by atoms with van der Waals surface area (Å²) < 4.78 is 1.94. The van der Waals surface area contributed by atoms with Gasteiger partial charge in [0.25, 0.3) is 0 Å². The minimum atomic E-state index is -0.812. The van der Waals surface area contributed by atoms with Gasteiger partial charge in [-0.15, -0.1) is 10.2 Å². The Balaban J connectivity index is 2.27. The van der Waals surface area contributed by atoms with Crippen molar-refractivity contribution < 1.29 is 14.5 Å². The van der Waals surface area contributed by atoms with Crippen molar-refractivity contribution in [2.24, 2.45) is 13.0 Å². The zero-order chi connectivity index (χ0) is 15.2. The minimum Gasteiger partial charge on any atom is -0.481 e. The number of hydrogen-bond donors (Lipinski definition) is 2. The van der Waals surface area contributed by atoms with Crippen LogP contribution >= 0.6 is 0 Å². The summed E-state index contributed by atoms with van der Waals surface area (Å²) in [5.74, 6) is -1.15. The van der Waals surface area contributed by atoms with Crippen molar-refractivity contribution in [3.63, 3.8) is 0 Å². The number of aryl methyl sites for hydroxylation is 1. The second-order valence-corrected chi connectivity index (χ2v) is 5.19. The van der Waals surface area contributed by atoms with Crippen molar-refractivity contribution in [3.8, 4) is 0 Å². The third kappa shape index (κ3) is 3.84. The van der Waals surface area contributed by atoms with Crippen LogP contribution in [0.3, 0.4) is 0 Å². The highest BCUT2D eigenvalue weighted by molar-refractivity contribution is 5.71. The molecule has 2 N–H and O–H groups in total. The summed E-state index contributed by atoms with van der Waals surface area (Å²) in [6.07, 6.45) is 5.86. The van der Waals surface area contributed by atoms with Crippen LogP contribution in [0.25, 0.3) is 0 Å². The first-order valence-electron chi connectivity index (χ1n) is 7.02. The fourth-order valence-corrected chi connectivity index (χ4v) is 2.47. The predicted octanol–water partition coefficient (Wildman–Crippen LogP) is 0.851. The van der Waals surface area contributed by atoms with E-state index in [1.807, 2.05) is 43.1 Å². The van der Waals surface area contributed by atoms with E-state index in [2.05, 4.69) is 20.6 Å². The largest absolute Gasteiger partial charge is 0.481 e. The number of carboxylic acid groups (broad SMARTS) is 1. The molecule has 1 unspecified atom stereocenters. The molecule has 2 atom stereocenters. The van der Waals surface area contributed by atoms with Gasteiger partial charge in [-0.3, -0.25) is 4.79 Å². The number of pyridine rings is 1. The Hall–Kier alpha value is -2.31. The molecule has 112 valence electrons. The molecule has 0 bridgehead atoms. The molecule has 2 aromatic heterocycles. The molecule has 2 heterocycles. The molecular weight excluding hydrogens is 270 g/mol. The fourth-order valence-electron chi connectivity index (χ4n) is 2.47. The number of aliphatic carboxylic acids is 1.